The Labute approximate surface area is 89.5 Å². The molecule has 0 heterocycles. The average Bonchev–Trinajstić information content (AvgIpc) is 2.30. The second kappa shape index (κ2) is 5.39. The number of hydrogen-bond donors (Lipinski definition) is 3. The van der Waals surface area contributed by atoms with Gasteiger partial charge in [-0.05, 0) is 17.2 Å². The standard InChI is InChI=1S/C10H18N2O3/c1-14-10(15-2)4-3-8(6-12-11)9(5-10)7-13/h3,5,12-13H,4,6-7,11H2,1-2H3. The highest BCUT2D eigenvalue weighted by atomic mass is 16.7. The van der Waals surface area contributed by atoms with Crippen molar-refractivity contribution >= 4 is 0 Å². The van der Waals surface area contributed by atoms with Gasteiger partial charge in [0, 0.05) is 27.2 Å². The van der Waals surface area contributed by atoms with E-state index in [-0.39, 0.29) is 6.61 Å². The van der Waals surface area contributed by atoms with Crippen LogP contribution in [-0.4, -0.2) is 38.3 Å². The topological polar surface area (TPSA) is 76.7 Å². The summed E-state index contributed by atoms with van der Waals surface area (Å²) in [4.78, 5) is 0. The average molecular weight is 214 g/mol. The molecule has 0 saturated heterocycles. The fraction of sp³-hybridized carbons (Fsp3) is 0.600. The minimum Gasteiger partial charge on any atom is -0.392 e. The molecule has 1 rings (SSSR count). The summed E-state index contributed by atoms with van der Waals surface area (Å²) in [6, 6.07) is 0. The third-order valence-electron chi connectivity index (χ3n) is 2.59. The summed E-state index contributed by atoms with van der Waals surface area (Å²) in [5.74, 6) is 4.49. The van der Waals surface area contributed by atoms with Crippen molar-refractivity contribution in [1.82, 2.24) is 5.43 Å². The Kier molecular flexibility index (Phi) is 4.44. The van der Waals surface area contributed by atoms with E-state index >= 15 is 0 Å². The lowest BCUT2D eigenvalue weighted by Crippen LogP contribution is -2.35. The molecule has 0 fully saturated rings. The molecular formula is C10H18N2O3. The summed E-state index contributed by atoms with van der Waals surface area (Å²) in [5, 5.41) is 9.22. The number of methoxy groups -OCH3 is 2. The van der Waals surface area contributed by atoms with E-state index in [1.807, 2.05) is 6.08 Å². The molecule has 0 aromatic rings. The Balaban J connectivity index is 2.87. The summed E-state index contributed by atoms with van der Waals surface area (Å²) >= 11 is 0. The maximum absolute atomic E-state index is 9.22. The van der Waals surface area contributed by atoms with Gasteiger partial charge in [0.05, 0.1) is 6.61 Å². The molecule has 0 aromatic heterocycles. The van der Waals surface area contributed by atoms with Crippen molar-refractivity contribution in [3.8, 4) is 0 Å². The first-order chi connectivity index (χ1) is 7.21. The van der Waals surface area contributed by atoms with Crippen molar-refractivity contribution in [1.29, 1.82) is 0 Å². The van der Waals surface area contributed by atoms with Crippen molar-refractivity contribution < 1.29 is 14.6 Å². The predicted molar refractivity (Wildman–Crippen MR) is 56.8 cm³/mol. The number of aliphatic hydroxyl groups is 1. The molecule has 0 spiro atoms. The number of hydrazine groups is 1. The molecule has 0 atom stereocenters. The Morgan fingerprint density at radius 1 is 1.47 bits per heavy atom. The second-order valence-corrected chi connectivity index (χ2v) is 3.36. The molecular weight excluding hydrogens is 196 g/mol. The van der Waals surface area contributed by atoms with Gasteiger partial charge in [0.15, 0.2) is 5.79 Å². The molecule has 5 heteroatoms. The highest BCUT2D eigenvalue weighted by Gasteiger charge is 2.30. The fourth-order valence-electron chi connectivity index (χ4n) is 1.62. The molecule has 0 aliphatic heterocycles. The molecule has 0 unspecified atom stereocenters. The molecule has 15 heavy (non-hydrogen) atoms. The number of rotatable bonds is 5. The zero-order chi connectivity index (χ0) is 11.3. The van der Waals surface area contributed by atoms with Gasteiger partial charge in [0.25, 0.3) is 0 Å². The fourth-order valence-corrected chi connectivity index (χ4v) is 1.62. The van der Waals surface area contributed by atoms with E-state index in [0.717, 1.165) is 11.1 Å². The molecule has 0 amide bonds. The third-order valence-corrected chi connectivity index (χ3v) is 2.59. The maximum Gasteiger partial charge on any atom is 0.191 e. The van der Waals surface area contributed by atoms with Crippen molar-refractivity contribution in [2.75, 3.05) is 27.4 Å². The minimum absolute atomic E-state index is 0.0536. The number of nitrogens with two attached hydrogens (primary N) is 1. The molecule has 0 saturated carbocycles. The SMILES string of the molecule is COC1(OC)C=C(CO)C(CNN)=CC1. The van der Waals surface area contributed by atoms with Crippen LogP contribution >= 0.6 is 0 Å². The largest absolute Gasteiger partial charge is 0.392 e. The van der Waals surface area contributed by atoms with Crippen LogP contribution in [0.3, 0.4) is 0 Å². The van der Waals surface area contributed by atoms with E-state index in [9.17, 15) is 5.11 Å². The van der Waals surface area contributed by atoms with Gasteiger partial charge in [-0.25, -0.2) is 0 Å². The monoisotopic (exact) mass is 214 g/mol. The van der Waals surface area contributed by atoms with E-state index in [1.54, 1.807) is 20.3 Å². The molecule has 1 aliphatic carbocycles. The van der Waals surface area contributed by atoms with Gasteiger partial charge in [-0.3, -0.25) is 11.3 Å². The summed E-state index contributed by atoms with van der Waals surface area (Å²) in [6.07, 6.45) is 4.36. The van der Waals surface area contributed by atoms with Crippen molar-refractivity contribution in [2.45, 2.75) is 12.2 Å². The zero-order valence-corrected chi connectivity index (χ0v) is 9.12. The van der Waals surface area contributed by atoms with Crippen molar-refractivity contribution in [3.05, 3.63) is 23.3 Å². The second-order valence-electron chi connectivity index (χ2n) is 3.36. The van der Waals surface area contributed by atoms with E-state index in [1.165, 1.54) is 0 Å². The molecule has 0 aromatic carbocycles. The lowest BCUT2D eigenvalue weighted by atomic mass is 9.94. The molecule has 4 N–H and O–H groups in total. The number of nitrogens with one attached hydrogen (secondary N) is 1. The van der Waals surface area contributed by atoms with Gasteiger partial charge in [0.2, 0.25) is 0 Å². The first-order valence-electron chi connectivity index (χ1n) is 4.77. The van der Waals surface area contributed by atoms with Crippen LogP contribution in [0.4, 0.5) is 0 Å². The van der Waals surface area contributed by atoms with Gasteiger partial charge in [-0.15, -0.1) is 0 Å². The lowest BCUT2D eigenvalue weighted by molar-refractivity contribution is -0.168. The highest BCUT2D eigenvalue weighted by molar-refractivity contribution is 5.38. The van der Waals surface area contributed by atoms with Crippen molar-refractivity contribution in [3.63, 3.8) is 0 Å². The number of hydrogen-bond acceptors (Lipinski definition) is 5. The van der Waals surface area contributed by atoms with Gasteiger partial charge in [0.1, 0.15) is 0 Å². The highest BCUT2D eigenvalue weighted by Crippen LogP contribution is 2.28. The van der Waals surface area contributed by atoms with Crippen LogP contribution in [0.15, 0.2) is 23.3 Å². The van der Waals surface area contributed by atoms with E-state index in [2.05, 4.69) is 5.43 Å². The summed E-state index contributed by atoms with van der Waals surface area (Å²) in [6.45, 7) is 0.470. The van der Waals surface area contributed by atoms with Gasteiger partial charge < -0.3 is 14.6 Å². The summed E-state index contributed by atoms with van der Waals surface area (Å²) in [5.41, 5.74) is 4.32. The van der Waals surface area contributed by atoms with Crippen LogP contribution in [0.5, 0.6) is 0 Å². The Bertz CT molecular complexity index is 270. The number of aliphatic hydroxyl groups excluding tert-OH is 1. The molecule has 5 nitrogen and oxygen atoms in total. The Morgan fingerprint density at radius 2 is 2.13 bits per heavy atom. The molecule has 0 bridgehead atoms. The lowest BCUT2D eigenvalue weighted by Gasteiger charge is -2.31. The van der Waals surface area contributed by atoms with Gasteiger partial charge in [-0.1, -0.05) is 6.08 Å². The third kappa shape index (κ3) is 2.64. The summed E-state index contributed by atoms with van der Waals surface area (Å²) in [7, 11) is 3.16. The summed E-state index contributed by atoms with van der Waals surface area (Å²) < 4.78 is 10.6. The van der Waals surface area contributed by atoms with Crippen LogP contribution in [0.2, 0.25) is 0 Å². The molecule has 86 valence electrons. The van der Waals surface area contributed by atoms with Crippen LogP contribution in [-0.2, 0) is 9.47 Å². The van der Waals surface area contributed by atoms with Crippen LogP contribution in [0.25, 0.3) is 0 Å². The molecule has 1 aliphatic rings. The van der Waals surface area contributed by atoms with E-state index in [4.69, 9.17) is 15.3 Å². The van der Waals surface area contributed by atoms with E-state index in [0.29, 0.717) is 13.0 Å². The Morgan fingerprint density at radius 3 is 2.60 bits per heavy atom. The minimum atomic E-state index is -0.754. The smallest absolute Gasteiger partial charge is 0.191 e. The van der Waals surface area contributed by atoms with Gasteiger partial charge in [-0.2, -0.15) is 0 Å². The first-order valence-corrected chi connectivity index (χ1v) is 4.77. The van der Waals surface area contributed by atoms with Crippen LogP contribution in [0, 0.1) is 0 Å². The van der Waals surface area contributed by atoms with E-state index < -0.39 is 5.79 Å². The molecule has 0 radical (unpaired) electrons. The first kappa shape index (κ1) is 12.4. The predicted octanol–water partition coefficient (Wildman–Crippen LogP) is -0.312. The van der Waals surface area contributed by atoms with Crippen molar-refractivity contribution in [2.24, 2.45) is 5.84 Å². The number of ether oxygens (including phenoxy) is 2. The maximum atomic E-state index is 9.22. The zero-order valence-electron chi connectivity index (χ0n) is 9.12. The van der Waals surface area contributed by atoms with Gasteiger partial charge >= 0.3 is 0 Å². The van der Waals surface area contributed by atoms with Crippen LogP contribution < -0.4 is 11.3 Å². The quantitative estimate of drug-likeness (QED) is 0.332. The Hall–Kier alpha value is -0.720. The van der Waals surface area contributed by atoms with Crippen LogP contribution in [0.1, 0.15) is 6.42 Å². The normalized spacial score (nSPS) is 19.7.